The summed E-state index contributed by atoms with van der Waals surface area (Å²) in [6.45, 7) is 3.23. The van der Waals surface area contributed by atoms with Crippen LogP contribution in [-0.4, -0.2) is 43.2 Å². The third-order valence-electron chi connectivity index (χ3n) is 2.41. The molecule has 0 aromatic carbocycles. The van der Waals surface area contributed by atoms with Gasteiger partial charge in [0.25, 0.3) is 0 Å². The highest BCUT2D eigenvalue weighted by molar-refractivity contribution is 5.81. The van der Waals surface area contributed by atoms with Gasteiger partial charge in [-0.05, 0) is 19.8 Å². The summed E-state index contributed by atoms with van der Waals surface area (Å²) in [4.78, 5) is 13.3. The van der Waals surface area contributed by atoms with Crippen molar-refractivity contribution in [1.29, 1.82) is 0 Å². The summed E-state index contributed by atoms with van der Waals surface area (Å²) in [6, 6.07) is -0.393. The maximum atomic E-state index is 11.5. The molecule has 1 amide bonds. The van der Waals surface area contributed by atoms with Crippen molar-refractivity contribution in [1.82, 2.24) is 4.90 Å². The van der Waals surface area contributed by atoms with E-state index in [9.17, 15) is 4.79 Å². The lowest BCUT2D eigenvalue weighted by Gasteiger charge is -2.32. The van der Waals surface area contributed by atoms with Crippen molar-refractivity contribution >= 4 is 5.91 Å². The first-order valence-corrected chi connectivity index (χ1v) is 4.72. The van der Waals surface area contributed by atoms with Crippen LogP contribution in [0.5, 0.6) is 0 Å². The van der Waals surface area contributed by atoms with Crippen LogP contribution in [0.1, 0.15) is 19.8 Å². The third-order valence-corrected chi connectivity index (χ3v) is 2.41. The summed E-state index contributed by atoms with van der Waals surface area (Å²) >= 11 is 0. The van der Waals surface area contributed by atoms with Gasteiger partial charge in [0.2, 0.25) is 5.91 Å². The molecule has 1 fully saturated rings. The molecule has 4 heteroatoms. The molecule has 0 saturated carbocycles. The Morgan fingerprint density at radius 2 is 2.38 bits per heavy atom. The molecule has 0 bridgehead atoms. The van der Waals surface area contributed by atoms with E-state index in [0.29, 0.717) is 6.54 Å². The largest absolute Gasteiger partial charge is 0.380 e. The predicted molar refractivity (Wildman–Crippen MR) is 50.3 cm³/mol. The first-order chi connectivity index (χ1) is 6.15. The molecule has 1 heterocycles. The molecule has 13 heavy (non-hydrogen) atoms. The zero-order valence-corrected chi connectivity index (χ0v) is 8.32. The lowest BCUT2D eigenvalue weighted by atomic mass is 10.1. The second-order valence-electron chi connectivity index (χ2n) is 3.57. The van der Waals surface area contributed by atoms with Crippen LogP contribution in [0.25, 0.3) is 0 Å². The molecule has 76 valence electrons. The molecule has 0 aliphatic carbocycles. The Bertz CT molecular complexity index is 182. The minimum absolute atomic E-state index is 0.0294. The van der Waals surface area contributed by atoms with Gasteiger partial charge in [0, 0.05) is 20.2 Å². The highest BCUT2D eigenvalue weighted by Gasteiger charge is 2.24. The zero-order chi connectivity index (χ0) is 9.84. The van der Waals surface area contributed by atoms with Crippen LogP contribution in [0.2, 0.25) is 0 Å². The number of amides is 1. The van der Waals surface area contributed by atoms with Crippen molar-refractivity contribution < 1.29 is 9.53 Å². The number of carbonyl (C=O) groups excluding carboxylic acids is 1. The number of piperidine rings is 1. The topological polar surface area (TPSA) is 55.6 Å². The number of rotatable bonds is 2. The third kappa shape index (κ3) is 2.67. The maximum Gasteiger partial charge on any atom is 0.239 e. The molecule has 4 nitrogen and oxygen atoms in total. The van der Waals surface area contributed by atoms with Crippen molar-refractivity contribution in [3.63, 3.8) is 0 Å². The predicted octanol–water partition coefficient (Wildman–Crippen LogP) is -0.0290. The Morgan fingerprint density at radius 1 is 1.69 bits per heavy atom. The van der Waals surface area contributed by atoms with Gasteiger partial charge in [-0.1, -0.05) is 0 Å². The molecule has 0 aromatic heterocycles. The minimum Gasteiger partial charge on any atom is -0.380 e. The molecule has 2 atom stereocenters. The van der Waals surface area contributed by atoms with Gasteiger partial charge in [-0.15, -0.1) is 0 Å². The fourth-order valence-electron chi connectivity index (χ4n) is 1.62. The number of nitrogens with zero attached hydrogens (tertiary/aromatic N) is 1. The molecular formula is C9H18N2O2. The van der Waals surface area contributed by atoms with Crippen molar-refractivity contribution in [3.8, 4) is 0 Å². The first-order valence-electron chi connectivity index (χ1n) is 4.72. The number of hydrogen-bond acceptors (Lipinski definition) is 3. The summed E-state index contributed by atoms with van der Waals surface area (Å²) < 4.78 is 5.22. The summed E-state index contributed by atoms with van der Waals surface area (Å²) in [6.07, 6.45) is 2.24. The number of nitrogens with two attached hydrogens (primary N) is 1. The lowest BCUT2D eigenvalue weighted by Crippen LogP contribution is -2.48. The lowest BCUT2D eigenvalue weighted by molar-refractivity contribution is -0.135. The standard InChI is InChI=1S/C9H18N2O2/c1-7(10)9(12)11-5-3-4-8(6-11)13-2/h7-8H,3-6,10H2,1-2H3/t7-,8+/m0/s1. The molecule has 0 radical (unpaired) electrons. The summed E-state index contributed by atoms with van der Waals surface area (Å²) in [7, 11) is 1.69. The van der Waals surface area contributed by atoms with Crippen molar-refractivity contribution in [2.75, 3.05) is 20.2 Å². The second kappa shape index (κ2) is 4.58. The second-order valence-corrected chi connectivity index (χ2v) is 3.57. The van der Waals surface area contributed by atoms with Crippen LogP contribution in [0.3, 0.4) is 0 Å². The molecule has 2 N–H and O–H groups in total. The average molecular weight is 186 g/mol. The molecule has 1 aliphatic rings. The van der Waals surface area contributed by atoms with Gasteiger partial charge in [-0.3, -0.25) is 4.79 Å². The molecule has 0 spiro atoms. The highest BCUT2D eigenvalue weighted by Crippen LogP contribution is 2.12. The summed E-state index contributed by atoms with van der Waals surface area (Å²) in [5, 5.41) is 0. The van der Waals surface area contributed by atoms with Gasteiger partial charge in [-0.2, -0.15) is 0 Å². The average Bonchev–Trinajstić information content (AvgIpc) is 2.16. The van der Waals surface area contributed by atoms with Crippen LogP contribution >= 0.6 is 0 Å². The quantitative estimate of drug-likeness (QED) is 0.659. The van der Waals surface area contributed by atoms with E-state index in [1.165, 1.54) is 0 Å². The van der Waals surface area contributed by atoms with E-state index in [-0.39, 0.29) is 12.0 Å². The first kappa shape index (κ1) is 10.5. The molecule has 1 saturated heterocycles. The van der Waals surface area contributed by atoms with Gasteiger partial charge in [0.05, 0.1) is 12.1 Å². The van der Waals surface area contributed by atoms with Gasteiger partial charge in [0.15, 0.2) is 0 Å². The fraction of sp³-hybridized carbons (Fsp3) is 0.889. The maximum absolute atomic E-state index is 11.5. The van der Waals surface area contributed by atoms with Gasteiger partial charge < -0.3 is 15.4 Å². The van der Waals surface area contributed by atoms with E-state index < -0.39 is 6.04 Å². The normalized spacial score (nSPS) is 25.8. The molecular weight excluding hydrogens is 168 g/mol. The van der Waals surface area contributed by atoms with Crippen molar-refractivity contribution in [2.45, 2.75) is 31.9 Å². The van der Waals surface area contributed by atoms with Gasteiger partial charge >= 0.3 is 0 Å². The van der Waals surface area contributed by atoms with Crippen LogP contribution in [0.4, 0.5) is 0 Å². The van der Waals surface area contributed by atoms with E-state index in [0.717, 1.165) is 19.4 Å². The van der Waals surface area contributed by atoms with Crippen LogP contribution in [-0.2, 0) is 9.53 Å². The Hall–Kier alpha value is -0.610. The summed E-state index contributed by atoms with van der Waals surface area (Å²) in [5.74, 6) is 0.0294. The molecule has 1 aliphatic heterocycles. The van der Waals surface area contributed by atoms with Crippen LogP contribution < -0.4 is 5.73 Å². The van der Waals surface area contributed by atoms with E-state index in [1.807, 2.05) is 0 Å². The van der Waals surface area contributed by atoms with Crippen molar-refractivity contribution in [2.24, 2.45) is 5.73 Å². The van der Waals surface area contributed by atoms with Crippen LogP contribution in [0, 0.1) is 0 Å². The number of ether oxygens (including phenoxy) is 1. The molecule has 0 unspecified atom stereocenters. The monoisotopic (exact) mass is 186 g/mol. The smallest absolute Gasteiger partial charge is 0.239 e. The van der Waals surface area contributed by atoms with Gasteiger partial charge in [-0.25, -0.2) is 0 Å². The molecule has 0 aromatic rings. The Labute approximate surface area is 79.0 Å². The van der Waals surface area contributed by atoms with E-state index in [2.05, 4.69) is 0 Å². The number of carbonyl (C=O) groups is 1. The number of methoxy groups -OCH3 is 1. The van der Waals surface area contributed by atoms with E-state index >= 15 is 0 Å². The van der Waals surface area contributed by atoms with Gasteiger partial charge in [0.1, 0.15) is 0 Å². The van der Waals surface area contributed by atoms with E-state index in [4.69, 9.17) is 10.5 Å². The van der Waals surface area contributed by atoms with E-state index in [1.54, 1.807) is 18.9 Å². The highest BCUT2D eigenvalue weighted by atomic mass is 16.5. The van der Waals surface area contributed by atoms with Crippen LogP contribution in [0.15, 0.2) is 0 Å². The number of likely N-dealkylation sites (tertiary alicyclic amines) is 1. The number of hydrogen-bond donors (Lipinski definition) is 1. The minimum atomic E-state index is -0.393. The zero-order valence-electron chi connectivity index (χ0n) is 8.32. The fourth-order valence-corrected chi connectivity index (χ4v) is 1.62. The SMILES string of the molecule is CO[C@@H]1CCCN(C(=O)[C@H](C)N)C1. The Morgan fingerprint density at radius 3 is 2.92 bits per heavy atom. The van der Waals surface area contributed by atoms with Crippen molar-refractivity contribution in [3.05, 3.63) is 0 Å². The molecule has 1 rings (SSSR count). The Balaban J connectivity index is 2.46. The summed E-state index contributed by atoms with van der Waals surface area (Å²) in [5.41, 5.74) is 5.52. The Kier molecular flexibility index (Phi) is 3.69.